The molecule has 1 fully saturated rings. The van der Waals surface area contributed by atoms with Crippen LogP contribution in [0.25, 0.3) is 0 Å². The highest BCUT2D eigenvalue weighted by molar-refractivity contribution is 6.11. The molecule has 0 aromatic heterocycles. The fraction of sp³-hybridized carbons (Fsp3) is 0.500. The molecule has 6 heteroatoms. The zero-order valence-electron chi connectivity index (χ0n) is 12.9. The van der Waals surface area contributed by atoms with Gasteiger partial charge in [0.15, 0.2) is 0 Å². The number of anilines is 2. The molecule has 0 radical (unpaired) electrons. The van der Waals surface area contributed by atoms with E-state index in [0.29, 0.717) is 12.3 Å². The quantitative estimate of drug-likeness (QED) is 0.888. The van der Waals surface area contributed by atoms with Crippen LogP contribution in [0.1, 0.15) is 13.8 Å². The second-order valence-corrected chi connectivity index (χ2v) is 5.84. The first kappa shape index (κ1) is 15.0. The number of amides is 2. The maximum absolute atomic E-state index is 12.9. The van der Waals surface area contributed by atoms with Gasteiger partial charge in [0, 0.05) is 13.1 Å². The maximum Gasteiger partial charge on any atom is 0.244 e. The van der Waals surface area contributed by atoms with Crippen molar-refractivity contribution in [2.45, 2.75) is 26.0 Å². The van der Waals surface area contributed by atoms with Crippen molar-refractivity contribution in [2.24, 2.45) is 0 Å². The van der Waals surface area contributed by atoms with E-state index >= 15 is 0 Å². The molecule has 0 saturated carbocycles. The van der Waals surface area contributed by atoms with Gasteiger partial charge in [-0.2, -0.15) is 0 Å². The zero-order valence-corrected chi connectivity index (χ0v) is 12.9. The predicted molar refractivity (Wildman–Crippen MR) is 83.9 cm³/mol. The van der Waals surface area contributed by atoms with Crippen molar-refractivity contribution in [1.29, 1.82) is 0 Å². The lowest BCUT2D eigenvalue weighted by molar-refractivity contribution is -0.128. The number of carbonyl (C=O) groups is 2. The molecule has 2 amide bonds. The number of hydrogen-bond donors (Lipinski definition) is 1. The molecule has 3 rings (SSSR count). The number of carbonyl (C=O) groups excluding carboxylic acids is 2. The topological polar surface area (TPSA) is 61.9 Å². The fourth-order valence-electron chi connectivity index (χ4n) is 3.01. The van der Waals surface area contributed by atoms with Gasteiger partial charge in [0.25, 0.3) is 0 Å². The molecule has 0 unspecified atom stereocenters. The Balaban J connectivity index is 1.81. The van der Waals surface area contributed by atoms with Crippen LogP contribution in [0.4, 0.5) is 11.4 Å². The lowest BCUT2D eigenvalue weighted by atomic mass is 10.1. The number of para-hydroxylation sites is 2. The highest BCUT2D eigenvalue weighted by Crippen LogP contribution is 2.29. The van der Waals surface area contributed by atoms with E-state index in [1.165, 1.54) is 0 Å². The standard InChI is InChI=1S/C16H21N3O3/c1-11-9-18(7-8-22-11)12(2)16(21)19-10-15(20)17-13-5-3-4-6-14(13)19/h3-6,11-12H,7-10H2,1-2H3,(H,17,20)/t11-,12+/m0/s1. The molecule has 2 aliphatic heterocycles. The molecule has 6 nitrogen and oxygen atoms in total. The second kappa shape index (κ2) is 6.06. The Kier molecular flexibility index (Phi) is 4.13. The van der Waals surface area contributed by atoms with Crippen molar-refractivity contribution in [3.63, 3.8) is 0 Å². The number of nitrogens with zero attached hydrogens (tertiary/aromatic N) is 2. The van der Waals surface area contributed by atoms with Gasteiger partial charge in [-0.3, -0.25) is 19.4 Å². The van der Waals surface area contributed by atoms with Crippen LogP contribution in [-0.2, 0) is 14.3 Å². The van der Waals surface area contributed by atoms with Crippen LogP contribution in [-0.4, -0.2) is 55.1 Å². The summed E-state index contributed by atoms with van der Waals surface area (Å²) in [6, 6.07) is 7.12. The summed E-state index contributed by atoms with van der Waals surface area (Å²) in [5, 5.41) is 2.80. The minimum Gasteiger partial charge on any atom is -0.376 e. The minimum absolute atomic E-state index is 0.0450. The lowest BCUT2D eigenvalue weighted by Crippen LogP contribution is -2.54. The molecule has 2 aliphatic rings. The summed E-state index contributed by atoms with van der Waals surface area (Å²) >= 11 is 0. The SMILES string of the molecule is C[C@H](C(=O)N1CC(=O)Nc2ccccc21)N1CCO[C@@H](C)C1. The molecule has 1 saturated heterocycles. The third-order valence-corrected chi connectivity index (χ3v) is 4.21. The second-order valence-electron chi connectivity index (χ2n) is 5.84. The average Bonchev–Trinajstić information content (AvgIpc) is 2.52. The molecule has 1 N–H and O–H groups in total. The van der Waals surface area contributed by atoms with E-state index in [-0.39, 0.29) is 30.5 Å². The largest absolute Gasteiger partial charge is 0.376 e. The third kappa shape index (κ3) is 2.84. The van der Waals surface area contributed by atoms with Crippen LogP contribution >= 0.6 is 0 Å². The van der Waals surface area contributed by atoms with E-state index in [1.54, 1.807) is 4.90 Å². The number of morpholine rings is 1. The molecule has 2 atom stereocenters. The normalized spacial score (nSPS) is 23.6. The Morgan fingerprint density at radius 3 is 2.95 bits per heavy atom. The first-order valence-corrected chi connectivity index (χ1v) is 7.62. The van der Waals surface area contributed by atoms with Gasteiger partial charge in [-0.25, -0.2) is 0 Å². The zero-order chi connectivity index (χ0) is 15.7. The van der Waals surface area contributed by atoms with Gasteiger partial charge in [-0.05, 0) is 26.0 Å². The molecule has 0 aliphatic carbocycles. The highest BCUT2D eigenvalue weighted by atomic mass is 16.5. The molecule has 22 heavy (non-hydrogen) atoms. The summed E-state index contributed by atoms with van der Waals surface area (Å²) in [6.07, 6.45) is 0.126. The molecule has 1 aromatic carbocycles. The average molecular weight is 303 g/mol. The van der Waals surface area contributed by atoms with Crippen molar-refractivity contribution < 1.29 is 14.3 Å². The van der Waals surface area contributed by atoms with Gasteiger partial charge in [0.2, 0.25) is 11.8 Å². The van der Waals surface area contributed by atoms with Crippen LogP contribution in [0, 0.1) is 0 Å². The van der Waals surface area contributed by atoms with Gasteiger partial charge in [0.1, 0.15) is 6.54 Å². The van der Waals surface area contributed by atoms with Crippen molar-refractivity contribution >= 4 is 23.2 Å². The van der Waals surface area contributed by atoms with Crippen molar-refractivity contribution in [3.8, 4) is 0 Å². The highest BCUT2D eigenvalue weighted by Gasteiger charge is 2.33. The summed E-state index contributed by atoms with van der Waals surface area (Å²) < 4.78 is 5.53. The maximum atomic E-state index is 12.9. The van der Waals surface area contributed by atoms with Crippen LogP contribution in [0.15, 0.2) is 24.3 Å². The Bertz CT molecular complexity index is 590. The van der Waals surface area contributed by atoms with Gasteiger partial charge in [-0.1, -0.05) is 12.1 Å². The monoisotopic (exact) mass is 303 g/mol. The third-order valence-electron chi connectivity index (χ3n) is 4.21. The predicted octanol–water partition coefficient (Wildman–Crippen LogP) is 1.08. The van der Waals surface area contributed by atoms with E-state index in [2.05, 4.69) is 10.2 Å². The number of fused-ring (bicyclic) bond motifs is 1. The smallest absolute Gasteiger partial charge is 0.244 e. The van der Waals surface area contributed by atoms with E-state index in [1.807, 2.05) is 38.1 Å². The first-order chi connectivity index (χ1) is 10.6. The molecular weight excluding hydrogens is 282 g/mol. The number of benzene rings is 1. The van der Waals surface area contributed by atoms with Gasteiger partial charge in [-0.15, -0.1) is 0 Å². The van der Waals surface area contributed by atoms with Crippen molar-refractivity contribution in [2.75, 3.05) is 36.5 Å². The molecular formula is C16H21N3O3. The number of ether oxygens (including phenoxy) is 1. The number of rotatable bonds is 2. The van der Waals surface area contributed by atoms with Crippen molar-refractivity contribution in [1.82, 2.24) is 4.90 Å². The molecule has 0 bridgehead atoms. The summed E-state index contributed by atoms with van der Waals surface area (Å²) in [4.78, 5) is 28.4. The van der Waals surface area contributed by atoms with Crippen LogP contribution in [0.5, 0.6) is 0 Å². The number of hydrogen-bond acceptors (Lipinski definition) is 4. The molecule has 118 valence electrons. The minimum atomic E-state index is -0.273. The Morgan fingerprint density at radius 1 is 1.41 bits per heavy atom. The summed E-state index contributed by atoms with van der Waals surface area (Å²) in [5.41, 5.74) is 1.45. The lowest BCUT2D eigenvalue weighted by Gasteiger charge is -2.38. The Hall–Kier alpha value is -1.92. The molecule has 1 aromatic rings. The van der Waals surface area contributed by atoms with Crippen LogP contribution in [0.3, 0.4) is 0 Å². The van der Waals surface area contributed by atoms with E-state index in [0.717, 1.165) is 18.8 Å². The van der Waals surface area contributed by atoms with Gasteiger partial charge < -0.3 is 10.1 Å². The van der Waals surface area contributed by atoms with E-state index in [4.69, 9.17) is 4.74 Å². The fourth-order valence-corrected chi connectivity index (χ4v) is 3.01. The number of nitrogens with one attached hydrogen (secondary N) is 1. The van der Waals surface area contributed by atoms with E-state index < -0.39 is 0 Å². The first-order valence-electron chi connectivity index (χ1n) is 7.62. The summed E-state index contributed by atoms with van der Waals surface area (Å²) in [5.74, 6) is -0.203. The van der Waals surface area contributed by atoms with Gasteiger partial charge in [0.05, 0.1) is 30.1 Å². The summed E-state index contributed by atoms with van der Waals surface area (Å²) in [6.45, 7) is 6.08. The molecule has 2 heterocycles. The Morgan fingerprint density at radius 2 is 2.18 bits per heavy atom. The van der Waals surface area contributed by atoms with Crippen LogP contribution in [0.2, 0.25) is 0 Å². The molecule has 0 spiro atoms. The Labute approximate surface area is 130 Å². The van der Waals surface area contributed by atoms with Gasteiger partial charge >= 0.3 is 0 Å². The van der Waals surface area contributed by atoms with E-state index in [9.17, 15) is 9.59 Å². The summed E-state index contributed by atoms with van der Waals surface area (Å²) in [7, 11) is 0. The van der Waals surface area contributed by atoms with Crippen LogP contribution < -0.4 is 10.2 Å². The van der Waals surface area contributed by atoms with Crippen molar-refractivity contribution in [3.05, 3.63) is 24.3 Å².